The number of hydrogen-bond donors (Lipinski definition) is 2. The monoisotopic (exact) mass is 530 g/mol. The first kappa shape index (κ1) is 30.0. The lowest BCUT2D eigenvalue weighted by molar-refractivity contribution is -0.111. The smallest absolute Gasteiger partial charge is 0.206 e. The second-order valence-corrected chi connectivity index (χ2v) is 10.6. The van der Waals surface area contributed by atoms with Gasteiger partial charge in [-0.05, 0) is 103 Å². The lowest BCUT2D eigenvalue weighted by Crippen LogP contribution is -2.30. The van der Waals surface area contributed by atoms with Gasteiger partial charge in [-0.25, -0.2) is 4.99 Å². The summed E-state index contributed by atoms with van der Waals surface area (Å²) in [6.45, 7) is 17.0. The van der Waals surface area contributed by atoms with Crippen LogP contribution in [0.4, 0.5) is 22.7 Å². The van der Waals surface area contributed by atoms with Gasteiger partial charge in [0.25, 0.3) is 0 Å². The highest BCUT2D eigenvalue weighted by Crippen LogP contribution is 2.30. The number of allylic oxidation sites excluding steroid dienone is 2. The van der Waals surface area contributed by atoms with Crippen molar-refractivity contribution >= 4 is 34.2 Å². The number of aliphatic hydroxyl groups is 1. The molecule has 0 saturated carbocycles. The third kappa shape index (κ3) is 7.53. The predicted molar refractivity (Wildman–Crippen MR) is 167 cm³/mol. The van der Waals surface area contributed by atoms with Gasteiger partial charge in [-0.1, -0.05) is 19.8 Å². The first-order valence-electron chi connectivity index (χ1n) is 14.5. The largest absolute Gasteiger partial charge is 0.506 e. The fourth-order valence-electron chi connectivity index (χ4n) is 5.16. The van der Waals surface area contributed by atoms with Crippen LogP contribution in [0.15, 0.2) is 76.6 Å². The summed E-state index contributed by atoms with van der Waals surface area (Å²) in [7, 11) is 0. The maximum absolute atomic E-state index is 13.2. The van der Waals surface area contributed by atoms with E-state index in [0.717, 1.165) is 60.7 Å². The van der Waals surface area contributed by atoms with E-state index in [1.54, 1.807) is 0 Å². The lowest BCUT2D eigenvalue weighted by atomic mass is 9.92. The number of unbranched alkanes of at least 4 members (excludes halogenated alkanes) is 2. The Morgan fingerprint density at radius 3 is 1.85 bits per heavy atom. The summed E-state index contributed by atoms with van der Waals surface area (Å²) >= 11 is 0. The van der Waals surface area contributed by atoms with E-state index in [2.05, 4.69) is 87.8 Å². The van der Waals surface area contributed by atoms with Gasteiger partial charge in [0.2, 0.25) is 5.78 Å². The Labute approximate surface area is 235 Å². The maximum atomic E-state index is 13.2. The van der Waals surface area contributed by atoms with E-state index in [1.807, 2.05) is 24.3 Å². The van der Waals surface area contributed by atoms with Crippen molar-refractivity contribution in [1.29, 1.82) is 0 Å². The van der Waals surface area contributed by atoms with E-state index in [4.69, 9.17) is 4.99 Å². The number of rotatable bonds is 13. The van der Waals surface area contributed by atoms with E-state index in [0.29, 0.717) is 29.9 Å². The molecule has 0 radical (unpaired) electrons. The molecular formula is C33H46N4O2. The van der Waals surface area contributed by atoms with Crippen molar-refractivity contribution in [3.8, 4) is 0 Å². The van der Waals surface area contributed by atoms with Crippen LogP contribution < -0.4 is 15.1 Å². The van der Waals surface area contributed by atoms with E-state index in [1.165, 1.54) is 6.08 Å². The molecule has 6 nitrogen and oxygen atoms in total. The minimum absolute atomic E-state index is 0.0793. The Kier molecular flexibility index (Phi) is 10.8. The molecule has 0 heterocycles. The molecule has 0 atom stereocenters. The molecule has 2 aromatic carbocycles. The van der Waals surface area contributed by atoms with Crippen LogP contribution in [-0.4, -0.2) is 41.8 Å². The molecule has 39 heavy (non-hydrogen) atoms. The van der Waals surface area contributed by atoms with Gasteiger partial charge in [-0.2, -0.15) is 0 Å². The summed E-state index contributed by atoms with van der Waals surface area (Å²) in [6, 6.07) is 17.0. The molecule has 0 spiro atoms. The summed E-state index contributed by atoms with van der Waals surface area (Å²) in [6.07, 6.45) is 4.95. The molecule has 1 aliphatic carbocycles. The van der Waals surface area contributed by atoms with Crippen LogP contribution in [0.2, 0.25) is 0 Å². The zero-order valence-corrected chi connectivity index (χ0v) is 24.8. The summed E-state index contributed by atoms with van der Waals surface area (Å²) in [5.41, 5.74) is 5.57. The Hall–Kier alpha value is -3.54. The molecule has 0 unspecified atom stereocenters. The van der Waals surface area contributed by atoms with Gasteiger partial charge in [-0.15, -0.1) is 0 Å². The molecule has 0 fully saturated rings. The minimum atomic E-state index is -0.231. The average Bonchev–Trinajstić information content (AvgIpc) is 2.90. The standard InChI is InChI=1S/C33H46N4O2/c1-8-11-12-13-29-32(34-25-14-18-27(19-15-25)36(9-2)23(4)5)30(38)22-31(39)33(29)35-26-16-20-28(21-17-26)37(10-3)24(6)7/h14-24,34,39H,8-13H2,1-7H3/b35-33-. The Morgan fingerprint density at radius 2 is 1.36 bits per heavy atom. The Morgan fingerprint density at radius 1 is 0.821 bits per heavy atom. The van der Waals surface area contributed by atoms with E-state index in [-0.39, 0.29) is 11.5 Å². The van der Waals surface area contributed by atoms with Crippen molar-refractivity contribution < 1.29 is 9.90 Å². The fourth-order valence-corrected chi connectivity index (χ4v) is 5.16. The van der Waals surface area contributed by atoms with Crippen LogP contribution in [0.5, 0.6) is 0 Å². The second kappa shape index (κ2) is 14.0. The highest BCUT2D eigenvalue weighted by atomic mass is 16.3. The number of aliphatic imine (C=N–C) groups is 1. The molecule has 2 aromatic rings. The number of ketones is 1. The van der Waals surface area contributed by atoms with Crippen molar-refractivity contribution in [3.05, 3.63) is 71.6 Å². The highest BCUT2D eigenvalue weighted by molar-refractivity contribution is 6.25. The normalized spacial score (nSPS) is 14.8. The summed E-state index contributed by atoms with van der Waals surface area (Å²) in [4.78, 5) is 22.6. The van der Waals surface area contributed by atoms with Crippen LogP contribution in [0, 0.1) is 0 Å². The third-order valence-electron chi connectivity index (χ3n) is 7.19. The zero-order chi connectivity index (χ0) is 28.5. The molecule has 0 amide bonds. The van der Waals surface area contributed by atoms with Gasteiger partial charge in [0, 0.05) is 53.9 Å². The number of aliphatic hydroxyl groups excluding tert-OH is 1. The van der Waals surface area contributed by atoms with Gasteiger partial charge in [0.15, 0.2) is 0 Å². The van der Waals surface area contributed by atoms with Gasteiger partial charge in [0.05, 0.1) is 11.4 Å². The zero-order valence-electron chi connectivity index (χ0n) is 24.8. The Bertz CT molecular complexity index is 1190. The van der Waals surface area contributed by atoms with Crippen LogP contribution in [0.1, 0.15) is 74.1 Å². The van der Waals surface area contributed by atoms with Gasteiger partial charge < -0.3 is 20.2 Å². The van der Waals surface area contributed by atoms with Gasteiger partial charge >= 0.3 is 0 Å². The molecule has 0 aromatic heterocycles. The molecule has 3 rings (SSSR count). The van der Waals surface area contributed by atoms with Crippen molar-refractivity contribution in [3.63, 3.8) is 0 Å². The summed E-state index contributed by atoms with van der Waals surface area (Å²) in [5, 5.41) is 14.2. The number of nitrogens with one attached hydrogen (secondary N) is 1. The van der Waals surface area contributed by atoms with Crippen molar-refractivity contribution in [2.24, 2.45) is 4.99 Å². The van der Waals surface area contributed by atoms with Crippen LogP contribution >= 0.6 is 0 Å². The second-order valence-electron chi connectivity index (χ2n) is 10.6. The third-order valence-corrected chi connectivity index (χ3v) is 7.19. The first-order valence-corrected chi connectivity index (χ1v) is 14.5. The van der Waals surface area contributed by atoms with Crippen molar-refractivity contribution in [2.75, 3.05) is 28.2 Å². The molecular weight excluding hydrogens is 484 g/mol. The van der Waals surface area contributed by atoms with Crippen LogP contribution in [0.3, 0.4) is 0 Å². The molecule has 0 bridgehead atoms. The molecule has 1 aliphatic rings. The number of carbonyl (C=O) groups is 1. The number of anilines is 3. The topological polar surface area (TPSA) is 68.2 Å². The SMILES string of the molecule is CCCCCC1=C(Nc2ccc(N(CC)C(C)C)cc2)C(=O)C=C(O)/C1=N\c1ccc(N(CC)C(C)C)cc1. The highest BCUT2D eigenvalue weighted by Gasteiger charge is 2.27. The molecule has 0 aliphatic heterocycles. The van der Waals surface area contributed by atoms with Gasteiger partial charge in [-0.3, -0.25) is 4.79 Å². The molecule has 210 valence electrons. The Balaban J connectivity index is 1.98. The fraction of sp³-hybridized carbons (Fsp3) is 0.455. The number of benzene rings is 2. The quantitative estimate of drug-likeness (QED) is 0.202. The van der Waals surface area contributed by atoms with Crippen LogP contribution in [-0.2, 0) is 4.79 Å². The molecule has 2 N–H and O–H groups in total. The summed E-state index contributed by atoms with van der Waals surface area (Å²) < 4.78 is 0. The first-order chi connectivity index (χ1) is 18.7. The van der Waals surface area contributed by atoms with E-state index in [9.17, 15) is 9.90 Å². The van der Waals surface area contributed by atoms with Gasteiger partial charge in [0.1, 0.15) is 11.5 Å². The minimum Gasteiger partial charge on any atom is -0.506 e. The van der Waals surface area contributed by atoms with Crippen molar-refractivity contribution in [2.45, 2.75) is 86.2 Å². The molecule has 6 heteroatoms. The number of nitrogens with zero attached hydrogens (tertiary/aromatic N) is 3. The average molecular weight is 531 g/mol. The maximum Gasteiger partial charge on any atom is 0.206 e. The summed E-state index contributed by atoms with van der Waals surface area (Å²) in [5.74, 6) is -0.311. The number of hydrogen-bond acceptors (Lipinski definition) is 6. The lowest BCUT2D eigenvalue weighted by Gasteiger charge is -2.28. The molecule has 0 saturated heterocycles. The van der Waals surface area contributed by atoms with E-state index >= 15 is 0 Å². The predicted octanol–water partition coefficient (Wildman–Crippen LogP) is 8.20. The van der Waals surface area contributed by atoms with E-state index < -0.39 is 0 Å². The van der Waals surface area contributed by atoms with Crippen molar-refractivity contribution in [1.82, 2.24) is 0 Å². The number of carbonyl (C=O) groups excluding carboxylic acids is 1. The van der Waals surface area contributed by atoms with Crippen LogP contribution in [0.25, 0.3) is 0 Å².